The van der Waals surface area contributed by atoms with Crippen molar-refractivity contribution in [1.82, 2.24) is 15.4 Å². The molecule has 2 aromatic rings. The number of nitrogens with zero attached hydrogens (tertiary/aromatic N) is 2. The van der Waals surface area contributed by atoms with Gasteiger partial charge in [-0.1, -0.05) is 12.1 Å². The number of hydroxylamine groups is 1. The lowest BCUT2D eigenvalue weighted by Crippen LogP contribution is -2.49. The largest absolute Gasteiger partial charge is 0.497 e. The summed E-state index contributed by atoms with van der Waals surface area (Å²) in [6.07, 6.45) is 4.12. The number of rotatable bonds is 8. The third kappa shape index (κ3) is 7.34. The van der Waals surface area contributed by atoms with E-state index in [4.69, 9.17) is 14.3 Å². The number of aromatic nitrogens is 1. The summed E-state index contributed by atoms with van der Waals surface area (Å²) in [5.41, 5.74) is 3.17. The molecule has 1 aromatic heterocycles. The molecule has 34 heavy (non-hydrogen) atoms. The SMILES string of the molecule is COc1ccc(CONC(=O)c2cccnc2NCC2CCCCN2C(=O)OC(C)(C)C)cc1. The Bertz CT molecular complexity index is 959. The molecule has 184 valence electrons. The van der Waals surface area contributed by atoms with Crippen molar-refractivity contribution < 1.29 is 23.9 Å². The van der Waals surface area contributed by atoms with Crippen molar-refractivity contribution in [3.8, 4) is 5.75 Å². The van der Waals surface area contributed by atoms with Crippen LogP contribution in [0.2, 0.25) is 0 Å². The molecule has 0 aliphatic carbocycles. The van der Waals surface area contributed by atoms with Crippen molar-refractivity contribution in [3.05, 3.63) is 53.7 Å². The highest BCUT2D eigenvalue weighted by molar-refractivity contribution is 5.98. The Hall–Kier alpha value is -3.33. The van der Waals surface area contributed by atoms with Crippen LogP contribution in [0.25, 0.3) is 0 Å². The number of hydrogen-bond acceptors (Lipinski definition) is 7. The predicted octanol–water partition coefficient (Wildman–Crippen LogP) is 4.15. The zero-order chi connectivity index (χ0) is 24.6. The van der Waals surface area contributed by atoms with Crippen LogP contribution in [0.5, 0.6) is 5.75 Å². The standard InChI is InChI=1S/C25H34N4O5/c1-25(2,3)34-24(31)29-15-6-5-8-19(29)16-27-22-21(9-7-14-26-22)23(30)28-33-17-18-10-12-20(32-4)13-11-18/h7,9-14,19H,5-6,8,15-17H2,1-4H3,(H,26,27)(H,28,30). The molecule has 2 N–H and O–H groups in total. The molecule has 1 unspecified atom stereocenters. The lowest BCUT2D eigenvalue weighted by molar-refractivity contribution is 0.0113. The van der Waals surface area contributed by atoms with E-state index in [9.17, 15) is 9.59 Å². The Labute approximate surface area is 200 Å². The van der Waals surface area contributed by atoms with Crippen LogP contribution in [-0.4, -0.2) is 53.7 Å². The number of anilines is 1. The second-order valence-corrected chi connectivity index (χ2v) is 9.17. The maximum Gasteiger partial charge on any atom is 0.410 e. The molecule has 3 rings (SSSR count). The summed E-state index contributed by atoms with van der Waals surface area (Å²) in [6, 6.07) is 10.7. The number of ether oxygens (including phenoxy) is 2. The van der Waals surface area contributed by atoms with E-state index in [1.807, 2.05) is 45.0 Å². The van der Waals surface area contributed by atoms with Crippen molar-refractivity contribution in [2.24, 2.45) is 0 Å². The molecule has 0 radical (unpaired) electrons. The monoisotopic (exact) mass is 470 g/mol. The Morgan fingerprint density at radius 3 is 2.62 bits per heavy atom. The number of piperidine rings is 1. The fourth-order valence-electron chi connectivity index (χ4n) is 3.68. The van der Waals surface area contributed by atoms with Gasteiger partial charge in [-0.05, 0) is 69.9 Å². The molecular formula is C25H34N4O5. The van der Waals surface area contributed by atoms with Crippen LogP contribution in [0.4, 0.5) is 10.6 Å². The first-order chi connectivity index (χ1) is 16.3. The van der Waals surface area contributed by atoms with Crippen molar-refractivity contribution >= 4 is 17.8 Å². The van der Waals surface area contributed by atoms with Crippen molar-refractivity contribution in [1.29, 1.82) is 0 Å². The van der Waals surface area contributed by atoms with E-state index in [-0.39, 0.29) is 18.7 Å². The minimum Gasteiger partial charge on any atom is -0.497 e. The molecule has 1 aliphatic rings. The van der Waals surface area contributed by atoms with E-state index in [0.717, 1.165) is 30.6 Å². The minimum atomic E-state index is -0.551. The smallest absolute Gasteiger partial charge is 0.410 e. The molecule has 9 heteroatoms. The summed E-state index contributed by atoms with van der Waals surface area (Å²) in [6.45, 7) is 6.90. The van der Waals surface area contributed by atoms with Gasteiger partial charge in [-0.2, -0.15) is 0 Å². The van der Waals surface area contributed by atoms with Gasteiger partial charge in [0.05, 0.1) is 25.3 Å². The number of benzene rings is 1. The summed E-state index contributed by atoms with van der Waals surface area (Å²) in [7, 11) is 1.61. The molecule has 1 fully saturated rings. The number of carbonyl (C=O) groups excluding carboxylic acids is 2. The van der Waals surface area contributed by atoms with E-state index in [1.165, 1.54) is 0 Å². The van der Waals surface area contributed by atoms with Gasteiger partial charge >= 0.3 is 6.09 Å². The molecule has 1 aromatic carbocycles. The topological polar surface area (TPSA) is 102 Å². The van der Waals surface area contributed by atoms with Crippen LogP contribution >= 0.6 is 0 Å². The number of amides is 2. The molecule has 0 saturated carbocycles. The fraction of sp³-hybridized carbons (Fsp3) is 0.480. The highest BCUT2D eigenvalue weighted by Gasteiger charge is 2.30. The van der Waals surface area contributed by atoms with Crippen LogP contribution in [0.1, 0.15) is 56.0 Å². The molecule has 1 aliphatic heterocycles. The van der Waals surface area contributed by atoms with E-state index in [0.29, 0.717) is 24.5 Å². The van der Waals surface area contributed by atoms with Crippen LogP contribution in [0.3, 0.4) is 0 Å². The van der Waals surface area contributed by atoms with Crippen LogP contribution < -0.4 is 15.5 Å². The van der Waals surface area contributed by atoms with Gasteiger partial charge in [0.25, 0.3) is 5.91 Å². The Balaban J connectivity index is 1.57. The van der Waals surface area contributed by atoms with Crippen LogP contribution in [-0.2, 0) is 16.2 Å². The van der Waals surface area contributed by atoms with Gasteiger partial charge in [-0.15, -0.1) is 0 Å². The first-order valence-electron chi connectivity index (χ1n) is 11.5. The molecule has 0 bridgehead atoms. The van der Waals surface area contributed by atoms with E-state index in [1.54, 1.807) is 30.3 Å². The van der Waals surface area contributed by atoms with E-state index in [2.05, 4.69) is 15.8 Å². The first-order valence-corrected chi connectivity index (χ1v) is 11.5. The average molecular weight is 471 g/mol. The van der Waals surface area contributed by atoms with Crippen molar-refractivity contribution in [3.63, 3.8) is 0 Å². The average Bonchev–Trinajstić information content (AvgIpc) is 2.82. The number of pyridine rings is 1. The third-order valence-electron chi connectivity index (χ3n) is 5.38. The van der Waals surface area contributed by atoms with Gasteiger partial charge in [-0.3, -0.25) is 9.63 Å². The first kappa shape index (κ1) is 25.3. The normalized spacial score (nSPS) is 16.0. The maximum absolute atomic E-state index is 12.7. The lowest BCUT2D eigenvalue weighted by atomic mass is 10.0. The Kier molecular flexibility index (Phi) is 8.70. The molecular weight excluding hydrogens is 436 g/mol. The second-order valence-electron chi connectivity index (χ2n) is 9.17. The number of methoxy groups -OCH3 is 1. The summed E-state index contributed by atoms with van der Waals surface area (Å²) >= 11 is 0. The van der Waals surface area contributed by atoms with Crippen molar-refractivity contribution in [2.45, 2.75) is 58.3 Å². The zero-order valence-electron chi connectivity index (χ0n) is 20.3. The molecule has 0 spiro atoms. The third-order valence-corrected chi connectivity index (χ3v) is 5.38. The summed E-state index contributed by atoms with van der Waals surface area (Å²) < 4.78 is 10.7. The maximum atomic E-state index is 12.7. The Morgan fingerprint density at radius 1 is 1.15 bits per heavy atom. The van der Waals surface area contributed by atoms with Gasteiger partial charge in [0.15, 0.2) is 0 Å². The minimum absolute atomic E-state index is 0.0483. The summed E-state index contributed by atoms with van der Waals surface area (Å²) in [4.78, 5) is 36.8. The highest BCUT2D eigenvalue weighted by Crippen LogP contribution is 2.22. The number of nitrogens with one attached hydrogen (secondary N) is 2. The molecule has 2 amide bonds. The number of carbonyl (C=O) groups is 2. The summed E-state index contributed by atoms with van der Waals surface area (Å²) in [5.74, 6) is 0.779. The van der Waals surface area contributed by atoms with E-state index >= 15 is 0 Å². The summed E-state index contributed by atoms with van der Waals surface area (Å²) in [5, 5.41) is 3.24. The van der Waals surface area contributed by atoms with Crippen molar-refractivity contribution in [2.75, 3.05) is 25.5 Å². The number of likely N-dealkylation sites (tertiary alicyclic amines) is 1. The molecule has 1 atom stereocenters. The highest BCUT2D eigenvalue weighted by atomic mass is 16.6. The van der Waals surface area contributed by atoms with Gasteiger partial charge in [-0.25, -0.2) is 15.3 Å². The molecule has 9 nitrogen and oxygen atoms in total. The quantitative estimate of drug-likeness (QED) is 0.559. The van der Waals surface area contributed by atoms with Gasteiger partial charge in [0.2, 0.25) is 0 Å². The lowest BCUT2D eigenvalue weighted by Gasteiger charge is -2.37. The van der Waals surface area contributed by atoms with Gasteiger partial charge in [0.1, 0.15) is 17.2 Å². The molecule has 1 saturated heterocycles. The van der Waals surface area contributed by atoms with Gasteiger partial charge < -0.3 is 19.7 Å². The fourth-order valence-corrected chi connectivity index (χ4v) is 3.68. The van der Waals surface area contributed by atoms with Gasteiger partial charge in [0, 0.05) is 19.3 Å². The van der Waals surface area contributed by atoms with E-state index < -0.39 is 11.5 Å². The predicted molar refractivity (Wildman–Crippen MR) is 129 cm³/mol. The van der Waals surface area contributed by atoms with Crippen LogP contribution in [0, 0.1) is 0 Å². The second kappa shape index (κ2) is 11.7. The zero-order valence-corrected chi connectivity index (χ0v) is 20.3. The number of hydrogen-bond donors (Lipinski definition) is 2. The Morgan fingerprint density at radius 2 is 1.91 bits per heavy atom. The van der Waals surface area contributed by atoms with Crippen LogP contribution in [0.15, 0.2) is 42.6 Å². The molecule has 2 heterocycles.